The molecule has 0 amide bonds. The minimum absolute atomic E-state index is 0.0776. The van der Waals surface area contributed by atoms with E-state index in [9.17, 15) is 19.5 Å². The van der Waals surface area contributed by atoms with Crippen LogP contribution in [0.3, 0.4) is 0 Å². The molecule has 3 aromatic heterocycles. The van der Waals surface area contributed by atoms with Gasteiger partial charge in [0.25, 0.3) is 11.1 Å². The second-order valence-electron chi connectivity index (χ2n) is 8.54. The van der Waals surface area contributed by atoms with Gasteiger partial charge in [-0.25, -0.2) is 9.20 Å². The molecule has 0 aliphatic rings. The van der Waals surface area contributed by atoms with Crippen molar-refractivity contribution in [2.75, 3.05) is 0 Å². The second-order valence-corrected chi connectivity index (χ2v) is 8.54. The smallest absolute Gasteiger partial charge is 0.332 e. The van der Waals surface area contributed by atoms with Crippen molar-refractivity contribution in [3.63, 3.8) is 0 Å². The molecule has 0 aliphatic carbocycles. The first-order valence-corrected chi connectivity index (χ1v) is 12.0. The average molecular weight is 466 g/mol. The van der Waals surface area contributed by atoms with E-state index in [2.05, 4.69) is 4.98 Å². The van der Waals surface area contributed by atoms with E-state index in [1.54, 1.807) is 28.8 Å². The van der Waals surface area contributed by atoms with E-state index >= 15 is 0 Å². The van der Waals surface area contributed by atoms with Crippen LogP contribution < -0.4 is 16.8 Å². The Morgan fingerprint density at radius 2 is 1.44 bits per heavy atom. The Morgan fingerprint density at radius 3 is 2.06 bits per heavy atom. The number of unbranched alkanes of at least 4 members (excludes halogenated alkanes) is 2. The van der Waals surface area contributed by atoms with Crippen LogP contribution >= 0.6 is 0 Å². The van der Waals surface area contributed by atoms with Crippen molar-refractivity contribution < 1.29 is 5.11 Å². The molecular formula is C25H31N5O4. The third-order valence-corrected chi connectivity index (χ3v) is 6.12. The molecule has 1 aromatic carbocycles. The number of nitrogens with zero attached hydrogens (tertiary/aromatic N) is 5. The zero-order chi connectivity index (χ0) is 24.4. The summed E-state index contributed by atoms with van der Waals surface area (Å²) in [5.74, 6) is -0.0383. The molecule has 0 atom stereocenters. The van der Waals surface area contributed by atoms with Crippen LogP contribution in [0.2, 0.25) is 0 Å². The number of aryl methyl sites for hydroxylation is 2. The summed E-state index contributed by atoms with van der Waals surface area (Å²) in [7, 11) is 0. The number of hydrogen-bond acceptors (Lipinski definition) is 5. The molecule has 4 rings (SSSR count). The SMILES string of the molecule is CCCCn1c(=O)c2c(nc3n(CCC)c(O)c(-c4ccccc4)c(=O)n23)n(CCCC)c1=O. The number of aromatic hydroxyl groups is 1. The summed E-state index contributed by atoms with van der Waals surface area (Å²) in [6.45, 7) is 7.02. The van der Waals surface area contributed by atoms with Gasteiger partial charge in [0.05, 0.1) is 0 Å². The number of imidazole rings is 1. The van der Waals surface area contributed by atoms with E-state index < -0.39 is 16.8 Å². The normalized spacial score (nSPS) is 11.6. The lowest BCUT2D eigenvalue weighted by molar-refractivity contribution is 0.413. The predicted molar refractivity (Wildman–Crippen MR) is 133 cm³/mol. The van der Waals surface area contributed by atoms with E-state index in [1.165, 1.54) is 13.5 Å². The summed E-state index contributed by atoms with van der Waals surface area (Å²) in [6, 6.07) is 8.89. The summed E-state index contributed by atoms with van der Waals surface area (Å²) < 4.78 is 5.54. The molecule has 4 aromatic rings. The molecule has 34 heavy (non-hydrogen) atoms. The first kappa shape index (κ1) is 23.5. The highest BCUT2D eigenvalue weighted by Crippen LogP contribution is 2.28. The maximum absolute atomic E-state index is 13.8. The molecule has 0 spiro atoms. The fourth-order valence-corrected chi connectivity index (χ4v) is 4.36. The molecule has 0 aliphatic heterocycles. The monoisotopic (exact) mass is 465 g/mol. The Hall–Kier alpha value is -3.62. The van der Waals surface area contributed by atoms with Crippen molar-refractivity contribution in [3.05, 3.63) is 61.5 Å². The Kier molecular flexibility index (Phi) is 6.72. The topological polar surface area (TPSA) is 104 Å². The van der Waals surface area contributed by atoms with Crippen molar-refractivity contribution in [3.8, 4) is 17.0 Å². The lowest BCUT2D eigenvalue weighted by Crippen LogP contribution is -2.41. The van der Waals surface area contributed by atoms with Crippen LogP contribution in [0.5, 0.6) is 5.88 Å². The third-order valence-electron chi connectivity index (χ3n) is 6.12. The highest BCUT2D eigenvalue weighted by molar-refractivity contribution is 5.78. The molecule has 0 saturated heterocycles. The predicted octanol–water partition coefficient (Wildman–Crippen LogP) is 3.36. The molecule has 3 heterocycles. The Labute approximate surface area is 196 Å². The first-order chi connectivity index (χ1) is 16.5. The van der Waals surface area contributed by atoms with Crippen molar-refractivity contribution in [2.24, 2.45) is 0 Å². The molecule has 0 radical (unpaired) electrons. The zero-order valence-electron chi connectivity index (χ0n) is 20.0. The van der Waals surface area contributed by atoms with Gasteiger partial charge in [-0.2, -0.15) is 4.98 Å². The van der Waals surface area contributed by atoms with Gasteiger partial charge in [-0.3, -0.25) is 23.3 Å². The quantitative estimate of drug-likeness (QED) is 0.408. The third kappa shape index (κ3) is 3.74. The van der Waals surface area contributed by atoms with Crippen LogP contribution in [0.15, 0.2) is 44.7 Å². The van der Waals surface area contributed by atoms with Crippen LogP contribution in [0, 0.1) is 0 Å². The fourth-order valence-electron chi connectivity index (χ4n) is 4.36. The van der Waals surface area contributed by atoms with E-state index in [1.807, 2.05) is 26.8 Å². The summed E-state index contributed by atoms with van der Waals surface area (Å²) in [4.78, 5) is 45.3. The van der Waals surface area contributed by atoms with Gasteiger partial charge in [0.1, 0.15) is 5.56 Å². The number of hydrogen-bond donors (Lipinski definition) is 1. The van der Waals surface area contributed by atoms with Crippen LogP contribution in [0.25, 0.3) is 28.1 Å². The van der Waals surface area contributed by atoms with E-state index in [0.717, 1.165) is 19.3 Å². The van der Waals surface area contributed by atoms with E-state index in [0.29, 0.717) is 31.5 Å². The summed E-state index contributed by atoms with van der Waals surface area (Å²) >= 11 is 0. The Balaban J connectivity index is 2.22. The standard InChI is InChI=1S/C25H31N5O4/c1-4-7-15-27-20-19(23(33)29(25(27)34)16-8-5-2)30-22(32)18(17-12-10-9-11-13-17)21(31)28(14-6-3)24(30)26-20/h9-13,31H,4-8,14-16H2,1-3H3. The summed E-state index contributed by atoms with van der Waals surface area (Å²) in [5, 5.41) is 11.1. The number of rotatable bonds is 9. The Morgan fingerprint density at radius 1 is 0.794 bits per heavy atom. The fraction of sp³-hybridized carbons (Fsp3) is 0.440. The Bertz CT molecular complexity index is 1510. The van der Waals surface area contributed by atoms with Crippen LogP contribution in [0.1, 0.15) is 52.9 Å². The van der Waals surface area contributed by atoms with Crippen molar-refractivity contribution >= 4 is 16.9 Å². The lowest BCUT2D eigenvalue weighted by atomic mass is 10.1. The van der Waals surface area contributed by atoms with Gasteiger partial charge in [0.2, 0.25) is 11.7 Å². The van der Waals surface area contributed by atoms with Crippen molar-refractivity contribution in [2.45, 2.75) is 72.5 Å². The lowest BCUT2D eigenvalue weighted by Gasteiger charge is -2.14. The molecule has 9 heteroatoms. The van der Waals surface area contributed by atoms with Gasteiger partial charge in [-0.15, -0.1) is 0 Å². The highest BCUT2D eigenvalue weighted by atomic mass is 16.3. The molecule has 0 bridgehead atoms. The molecule has 0 saturated carbocycles. The molecule has 0 unspecified atom stereocenters. The summed E-state index contributed by atoms with van der Waals surface area (Å²) in [6.07, 6.45) is 3.75. The van der Waals surface area contributed by atoms with Crippen molar-refractivity contribution in [1.29, 1.82) is 0 Å². The maximum Gasteiger partial charge on any atom is 0.332 e. The number of aromatic nitrogens is 5. The zero-order valence-corrected chi connectivity index (χ0v) is 20.0. The van der Waals surface area contributed by atoms with Gasteiger partial charge >= 0.3 is 5.69 Å². The molecular weight excluding hydrogens is 434 g/mol. The van der Waals surface area contributed by atoms with Gasteiger partial charge < -0.3 is 5.11 Å². The first-order valence-electron chi connectivity index (χ1n) is 12.0. The number of fused-ring (bicyclic) bond motifs is 3. The van der Waals surface area contributed by atoms with E-state index in [4.69, 9.17) is 0 Å². The van der Waals surface area contributed by atoms with Crippen molar-refractivity contribution in [1.82, 2.24) is 23.1 Å². The van der Waals surface area contributed by atoms with Crippen LogP contribution in [-0.2, 0) is 19.6 Å². The van der Waals surface area contributed by atoms with Gasteiger partial charge in [-0.1, -0.05) is 63.9 Å². The van der Waals surface area contributed by atoms with Gasteiger partial charge in [0, 0.05) is 19.6 Å². The largest absolute Gasteiger partial charge is 0.494 e. The maximum atomic E-state index is 13.8. The second kappa shape index (κ2) is 9.70. The van der Waals surface area contributed by atoms with Gasteiger partial charge in [-0.05, 0) is 24.8 Å². The minimum Gasteiger partial charge on any atom is -0.494 e. The van der Waals surface area contributed by atoms with Crippen LogP contribution in [-0.4, -0.2) is 28.2 Å². The van der Waals surface area contributed by atoms with E-state index in [-0.39, 0.29) is 34.9 Å². The molecule has 0 fully saturated rings. The average Bonchev–Trinajstić information content (AvgIpc) is 3.23. The number of benzene rings is 1. The van der Waals surface area contributed by atoms with Crippen LogP contribution in [0.4, 0.5) is 0 Å². The molecule has 9 nitrogen and oxygen atoms in total. The van der Waals surface area contributed by atoms with Gasteiger partial charge in [0.15, 0.2) is 11.2 Å². The highest BCUT2D eigenvalue weighted by Gasteiger charge is 2.25. The summed E-state index contributed by atoms with van der Waals surface area (Å²) in [5.41, 5.74) is -0.566. The minimum atomic E-state index is -0.534. The molecule has 180 valence electrons. The molecule has 1 N–H and O–H groups in total.